The van der Waals surface area contributed by atoms with Crippen LogP contribution in [0.25, 0.3) is 0 Å². The van der Waals surface area contributed by atoms with Gasteiger partial charge < -0.3 is 0 Å². The van der Waals surface area contributed by atoms with E-state index in [0.29, 0.717) is 11.1 Å². The molecule has 1 fully saturated rings. The van der Waals surface area contributed by atoms with Crippen molar-refractivity contribution in [3.8, 4) is 0 Å². The lowest BCUT2D eigenvalue weighted by molar-refractivity contribution is 0.172. The molecule has 0 radical (unpaired) electrons. The Morgan fingerprint density at radius 3 is 2.11 bits per heavy atom. The highest BCUT2D eigenvalue weighted by Crippen LogP contribution is 2.53. The van der Waals surface area contributed by atoms with Gasteiger partial charge in [-0.25, -0.2) is 0 Å². The first-order valence-electron chi connectivity index (χ1n) is 11.3. The van der Waals surface area contributed by atoms with E-state index in [1.165, 1.54) is 19.3 Å². The van der Waals surface area contributed by atoms with Gasteiger partial charge in [-0.2, -0.15) is 0 Å². The first kappa shape index (κ1) is 20.9. The van der Waals surface area contributed by atoms with E-state index in [1.54, 1.807) is 27.9 Å². The highest BCUT2D eigenvalue weighted by atomic mass is 28.3. The lowest BCUT2D eigenvalue weighted by atomic mass is 9.67. The van der Waals surface area contributed by atoms with Crippen LogP contribution in [0.15, 0.2) is 46.1 Å². The van der Waals surface area contributed by atoms with Crippen LogP contribution < -0.4 is 0 Å². The van der Waals surface area contributed by atoms with Gasteiger partial charge in [-0.05, 0) is 92.0 Å². The molecule has 27 heavy (non-hydrogen) atoms. The average Bonchev–Trinajstić information content (AvgIpc) is 3.16. The van der Waals surface area contributed by atoms with Crippen molar-refractivity contribution in [2.45, 2.75) is 91.9 Å². The Morgan fingerprint density at radius 1 is 0.963 bits per heavy atom. The lowest BCUT2D eigenvalue weighted by Crippen LogP contribution is -2.37. The van der Waals surface area contributed by atoms with Crippen molar-refractivity contribution >= 4 is 8.07 Å². The smallest absolute Gasteiger partial charge is 0.0706 e. The lowest BCUT2D eigenvalue weighted by Gasteiger charge is -2.39. The normalized spacial score (nSPS) is 32.9. The molecule has 0 aliphatic heterocycles. The topological polar surface area (TPSA) is 0 Å². The molecule has 0 aromatic rings. The molecule has 0 aromatic heterocycles. The molecule has 0 saturated heterocycles. The third kappa shape index (κ3) is 3.61. The fourth-order valence-electron chi connectivity index (χ4n) is 6.49. The summed E-state index contributed by atoms with van der Waals surface area (Å²) in [7, 11) is -1.50. The van der Waals surface area contributed by atoms with Gasteiger partial charge in [0, 0.05) is 0 Å². The Balaban J connectivity index is 1.88. The van der Waals surface area contributed by atoms with Crippen molar-refractivity contribution in [1.29, 1.82) is 0 Å². The summed E-state index contributed by atoms with van der Waals surface area (Å²) in [5, 5.41) is 0. The first-order chi connectivity index (χ1) is 12.6. The van der Waals surface area contributed by atoms with Gasteiger partial charge in [0.2, 0.25) is 0 Å². The largest absolute Gasteiger partial charge is 0.0800 e. The molecule has 4 unspecified atom stereocenters. The van der Waals surface area contributed by atoms with Crippen molar-refractivity contribution in [3.05, 3.63) is 46.1 Å². The van der Waals surface area contributed by atoms with Gasteiger partial charge in [0.15, 0.2) is 0 Å². The summed E-state index contributed by atoms with van der Waals surface area (Å²) in [5.74, 6) is 3.36. The van der Waals surface area contributed by atoms with Gasteiger partial charge in [-0.1, -0.05) is 69.7 Å². The number of hydrogen-bond donors (Lipinski definition) is 0. The van der Waals surface area contributed by atoms with E-state index in [1.807, 2.05) is 0 Å². The highest BCUT2D eigenvalue weighted by molar-refractivity contribution is 6.82. The predicted octanol–water partition coefficient (Wildman–Crippen LogP) is 8.33. The third-order valence-corrected chi connectivity index (χ3v) is 13.0. The zero-order valence-corrected chi connectivity index (χ0v) is 20.3. The van der Waals surface area contributed by atoms with Gasteiger partial charge >= 0.3 is 0 Å². The molecule has 3 rings (SSSR count). The Hall–Kier alpha value is -0.823. The van der Waals surface area contributed by atoms with Crippen molar-refractivity contribution in [2.24, 2.45) is 23.7 Å². The summed E-state index contributed by atoms with van der Waals surface area (Å²) < 4.78 is 0. The second kappa shape index (κ2) is 7.54. The molecular weight excluding hydrogens is 340 g/mol. The zero-order valence-electron chi connectivity index (χ0n) is 19.3. The van der Waals surface area contributed by atoms with E-state index in [4.69, 9.17) is 0 Å². The molecular formula is C26H42Si. The minimum absolute atomic E-state index is 0.686. The summed E-state index contributed by atoms with van der Waals surface area (Å²) in [6.45, 7) is 22.1. The standard InChI is InChI=1S/C26H42Si/c1-16(2)24-13-10-17(3)14-25(24)22-11-12-23(15-22)27(8,9)26-20(6)18(4)19(5)21(26)7/h11-12,15-17,23-26H,10,13-14H2,1-9H3. The fourth-order valence-corrected chi connectivity index (χ4v) is 10.8. The Bertz CT molecular complexity index is 688. The number of rotatable bonds is 4. The number of hydrogen-bond acceptors (Lipinski definition) is 0. The minimum Gasteiger partial charge on any atom is -0.0800 e. The van der Waals surface area contributed by atoms with Gasteiger partial charge in [0.25, 0.3) is 0 Å². The van der Waals surface area contributed by atoms with Crippen molar-refractivity contribution in [1.82, 2.24) is 0 Å². The summed E-state index contributed by atoms with van der Waals surface area (Å²) in [6, 6.07) is 0. The van der Waals surface area contributed by atoms with Crippen LogP contribution >= 0.6 is 0 Å². The van der Waals surface area contributed by atoms with E-state index in [2.05, 4.69) is 79.8 Å². The van der Waals surface area contributed by atoms with Gasteiger partial charge in [0.05, 0.1) is 8.07 Å². The van der Waals surface area contributed by atoms with Gasteiger partial charge in [-0.15, -0.1) is 0 Å². The van der Waals surface area contributed by atoms with Crippen LogP contribution in [-0.2, 0) is 0 Å². The van der Waals surface area contributed by atoms with Gasteiger partial charge in [-0.3, -0.25) is 0 Å². The first-order valence-corrected chi connectivity index (χ1v) is 14.5. The van der Waals surface area contributed by atoms with E-state index in [9.17, 15) is 0 Å². The Labute approximate surface area is 169 Å². The van der Waals surface area contributed by atoms with Crippen molar-refractivity contribution in [3.63, 3.8) is 0 Å². The molecule has 0 nitrogen and oxygen atoms in total. The summed E-state index contributed by atoms with van der Waals surface area (Å²) in [5.41, 5.74) is 9.52. The fraction of sp³-hybridized carbons (Fsp3) is 0.692. The molecule has 150 valence electrons. The van der Waals surface area contributed by atoms with Crippen LogP contribution in [0.1, 0.15) is 67.7 Å². The van der Waals surface area contributed by atoms with Crippen molar-refractivity contribution in [2.75, 3.05) is 0 Å². The molecule has 0 amide bonds. The van der Waals surface area contributed by atoms with E-state index < -0.39 is 8.07 Å². The third-order valence-electron chi connectivity index (χ3n) is 8.53. The Kier molecular flexibility index (Phi) is 5.84. The zero-order chi connectivity index (χ0) is 20.1. The van der Waals surface area contributed by atoms with E-state index in [0.717, 1.165) is 23.7 Å². The molecule has 0 N–H and O–H groups in total. The molecule has 1 saturated carbocycles. The molecule has 3 aliphatic carbocycles. The summed E-state index contributed by atoms with van der Waals surface area (Å²) in [6.07, 6.45) is 12.1. The van der Waals surface area contributed by atoms with Crippen LogP contribution in [-0.4, -0.2) is 8.07 Å². The van der Waals surface area contributed by atoms with E-state index in [-0.39, 0.29) is 0 Å². The molecule has 0 bridgehead atoms. The van der Waals surface area contributed by atoms with Crippen LogP contribution in [0.4, 0.5) is 0 Å². The second-order valence-corrected chi connectivity index (χ2v) is 15.7. The molecule has 0 aromatic carbocycles. The maximum absolute atomic E-state index is 2.72. The molecule has 0 spiro atoms. The van der Waals surface area contributed by atoms with Gasteiger partial charge in [0.1, 0.15) is 0 Å². The van der Waals surface area contributed by atoms with Crippen LogP contribution in [0.3, 0.4) is 0 Å². The maximum atomic E-state index is 2.72. The SMILES string of the molecule is CC1=C(C)C([Si](C)(C)C2C=CC(C3CC(C)CCC3C(C)C)=C2)C(C)=C1C. The van der Waals surface area contributed by atoms with Crippen LogP contribution in [0.2, 0.25) is 24.2 Å². The minimum atomic E-state index is -1.50. The Morgan fingerprint density at radius 2 is 1.56 bits per heavy atom. The monoisotopic (exact) mass is 382 g/mol. The van der Waals surface area contributed by atoms with Crippen LogP contribution in [0.5, 0.6) is 0 Å². The molecule has 3 aliphatic rings. The predicted molar refractivity (Wildman–Crippen MR) is 124 cm³/mol. The molecule has 4 atom stereocenters. The summed E-state index contributed by atoms with van der Waals surface area (Å²) in [4.78, 5) is 0. The second-order valence-electron chi connectivity index (χ2n) is 10.9. The highest BCUT2D eigenvalue weighted by Gasteiger charge is 2.44. The summed E-state index contributed by atoms with van der Waals surface area (Å²) >= 11 is 0. The van der Waals surface area contributed by atoms with E-state index >= 15 is 0 Å². The van der Waals surface area contributed by atoms with Crippen molar-refractivity contribution < 1.29 is 0 Å². The number of allylic oxidation sites excluding steroid dienone is 8. The maximum Gasteiger partial charge on any atom is 0.0706 e. The molecule has 0 heterocycles. The van der Waals surface area contributed by atoms with Crippen LogP contribution in [0, 0.1) is 23.7 Å². The average molecular weight is 383 g/mol. The quantitative estimate of drug-likeness (QED) is 0.429. The molecule has 1 heteroatoms.